The molecule has 198 valence electrons. The zero-order chi connectivity index (χ0) is 27.3. The molecule has 2 heterocycles. The minimum atomic E-state index is -4.16. The predicted molar refractivity (Wildman–Crippen MR) is 144 cm³/mol. The van der Waals surface area contributed by atoms with E-state index in [1.807, 2.05) is 6.92 Å². The molecule has 0 unspecified atom stereocenters. The van der Waals surface area contributed by atoms with Crippen molar-refractivity contribution in [2.75, 3.05) is 6.54 Å². The smallest absolute Gasteiger partial charge is 0.329 e. The van der Waals surface area contributed by atoms with Crippen LogP contribution in [0.25, 0.3) is 10.8 Å². The van der Waals surface area contributed by atoms with Crippen LogP contribution in [0.4, 0.5) is 0 Å². The van der Waals surface area contributed by atoms with Crippen LogP contribution in [0.2, 0.25) is 5.02 Å². The summed E-state index contributed by atoms with van der Waals surface area (Å²) in [6, 6.07) is 8.87. The fourth-order valence-electron chi connectivity index (χ4n) is 4.71. The average Bonchev–Trinajstić information content (AvgIpc) is 3.40. The molecule has 37 heavy (non-hydrogen) atoms. The number of amides is 1. The number of carboxylic acid groups (broad SMARTS) is 1. The fraction of sp³-hybridized carbons (Fsp3) is 0.423. The van der Waals surface area contributed by atoms with Crippen LogP contribution < -0.4 is 0 Å². The van der Waals surface area contributed by atoms with Gasteiger partial charge in [0, 0.05) is 16.9 Å². The Morgan fingerprint density at radius 1 is 1.19 bits per heavy atom. The molecule has 1 aliphatic heterocycles. The third kappa shape index (κ3) is 4.87. The van der Waals surface area contributed by atoms with Crippen LogP contribution in [-0.4, -0.2) is 57.7 Å². The topological polar surface area (TPSA) is 108 Å². The molecule has 4 rings (SSSR count). The highest BCUT2D eigenvalue weighted by Crippen LogP contribution is 2.40. The van der Waals surface area contributed by atoms with Crippen LogP contribution in [0.1, 0.15) is 44.8 Å². The zero-order valence-electron chi connectivity index (χ0n) is 21.4. The van der Waals surface area contributed by atoms with E-state index in [0.717, 1.165) is 10.4 Å². The van der Waals surface area contributed by atoms with Crippen LogP contribution in [0.5, 0.6) is 0 Å². The number of halogens is 1. The maximum Gasteiger partial charge on any atom is 0.329 e. The van der Waals surface area contributed by atoms with Crippen molar-refractivity contribution in [1.29, 1.82) is 0 Å². The summed E-state index contributed by atoms with van der Waals surface area (Å²) in [7, 11) is -4.16. The van der Waals surface area contributed by atoms with Crippen LogP contribution in [0.3, 0.4) is 0 Å². The van der Waals surface area contributed by atoms with E-state index >= 15 is 0 Å². The number of rotatable bonds is 7. The van der Waals surface area contributed by atoms with E-state index in [0.29, 0.717) is 16.1 Å². The highest BCUT2D eigenvalue weighted by atomic mass is 35.5. The number of fused-ring (bicyclic) bond motifs is 1. The number of thiazole rings is 1. The summed E-state index contributed by atoms with van der Waals surface area (Å²) in [6.45, 7) is 8.65. The van der Waals surface area contributed by atoms with Gasteiger partial charge in [-0.3, -0.25) is 4.79 Å². The van der Waals surface area contributed by atoms with Gasteiger partial charge in [0.15, 0.2) is 0 Å². The highest BCUT2D eigenvalue weighted by Gasteiger charge is 2.56. The number of aryl methyl sites for hydroxylation is 1. The Kier molecular flexibility index (Phi) is 7.17. The van der Waals surface area contributed by atoms with Crippen molar-refractivity contribution in [3.8, 4) is 0 Å². The molecule has 1 N–H and O–H groups in total. The minimum absolute atomic E-state index is 0.0392. The molecule has 11 heteroatoms. The van der Waals surface area contributed by atoms with Gasteiger partial charge in [-0.05, 0) is 60.7 Å². The molecule has 1 fully saturated rings. The summed E-state index contributed by atoms with van der Waals surface area (Å²) < 4.78 is 29.3. The van der Waals surface area contributed by atoms with Gasteiger partial charge in [-0.2, -0.15) is 4.31 Å². The fourth-order valence-corrected chi connectivity index (χ4v) is 7.11. The Bertz CT molecular complexity index is 1480. The van der Waals surface area contributed by atoms with Gasteiger partial charge >= 0.3 is 5.97 Å². The van der Waals surface area contributed by atoms with Crippen LogP contribution >= 0.6 is 22.9 Å². The molecule has 1 amide bonds. The average molecular weight is 564 g/mol. The van der Waals surface area contributed by atoms with Crippen LogP contribution in [-0.2, 0) is 26.2 Å². The molecular weight excluding hydrogens is 534 g/mol. The van der Waals surface area contributed by atoms with E-state index in [-0.39, 0.29) is 24.4 Å². The molecule has 0 bridgehead atoms. The second kappa shape index (κ2) is 9.65. The van der Waals surface area contributed by atoms with Crippen molar-refractivity contribution in [3.05, 3.63) is 57.5 Å². The van der Waals surface area contributed by atoms with E-state index in [1.54, 1.807) is 56.5 Å². The summed E-state index contributed by atoms with van der Waals surface area (Å²) in [4.78, 5) is 32.0. The molecule has 2 aromatic carbocycles. The summed E-state index contributed by atoms with van der Waals surface area (Å²) in [5, 5.41) is 14.7. The molecule has 0 saturated carbocycles. The van der Waals surface area contributed by atoms with Gasteiger partial charge in [-0.1, -0.05) is 44.5 Å². The van der Waals surface area contributed by atoms with Crippen molar-refractivity contribution < 1.29 is 23.1 Å². The van der Waals surface area contributed by atoms with Crippen molar-refractivity contribution in [3.63, 3.8) is 0 Å². The van der Waals surface area contributed by atoms with Gasteiger partial charge in [0.05, 0.1) is 22.1 Å². The lowest BCUT2D eigenvalue weighted by atomic mass is 9.73. The SMILES string of the molecule is Cc1nc(CN([C@H]2CCN([C@](C)(C(=O)O)C(C)(C)C)C2=O)S(=O)(=O)c2ccc3cc(Cl)ccc3c2)cs1. The molecule has 1 aromatic heterocycles. The first kappa shape index (κ1) is 27.5. The van der Waals surface area contributed by atoms with Crippen molar-refractivity contribution in [1.82, 2.24) is 14.2 Å². The number of sulfonamides is 1. The Morgan fingerprint density at radius 2 is 1.84 bits per heavy atom. The summed E-state index contributed by atoms with van der Waals surface area (Å²) >= 11 is 7.47. The van der Waals surface area contributed by atoms with Crippen LogP contribution in [0, 0.1) is 12.3 Å². The highest BCUT2D eigenvalue weighted by molar-refractivity contribution is 7.89. The quantitative estimate of drug-likeness (QED) is 0.436. The lowest BCUT2D eigenvalue weighted by Gasteiger charge is -2.45. The Hall–Kier alpha value is -2.53. The first-order valence-electron chi connectivity index (χ1n) is 11.8. The molecule has 0 radical (unpaired) electrons. The van der Waals surface area contributed by atoms with Crippen molar-refractivity contribution in [2.24, 2.45) is 5.41 Å². The lowest BCUT2D eigenvalue weighted by molar-refractivity contribution is -0.164. The number of aromatic nitrogens is 1. The third-order valence-corrected chi connectivity index (χ3v) is 10.2. The number of carboxylic acids is 1. The Morgan fingerprint density at radius 3 is 2.43 bits per heavy atom. The lowest BCUT2D eigenvalue weighted by Crippen LogP contribution is -2.62. The standard InChI is InChI=1S/C26H30ClN3O5S2/c1-16-28-20(15-36-16)14-30(22-10-11-29(23(22)31)26(5,24(32)33)25(2,3)4)37(34,35)21-9-7-17-12-19(27)8-6-18(17)13-21/h6-9,12-13,15,22H,10-11,14H2,1-5H3,(H,32,33)/t22-,26+/m0/s1. The summed E-state index contributed by atoms with van der Waals surface area (Å²) in [5.74, 6) is -1.66. The first-order chi connectivity index (χ1) is 17.2. The molecule has 0 spiro atoms. The third-order valence-electron chi connectivity index (χ3n) is 7.31. The van der Waals surface area contributed by atoms with E-state index in [2.05, 4.69) is 4.98 Å². The van der Waals surface area contributed by atoms with Gasteiger partial charge in [-0.15, -0.1) is 11.3 Å². The van der Waals surface area contributed by atoms with Gasteiger partial charge in [0.1, 0.15) is 11.6 Å². The van der Waals surface area contributed by atoms with E-state index < -0.39 is 38.9 Å². The van der Waals surface area contributed by atoms with E-state index in [9.17, 15) is 23.1 Å². The normalized spacial score (nSPS) is 18.5. The Labute approximate surface area is 225 Å². The van der Waals surface area contributed by atoms with E-state index in [1.165, 1.54) is 33.5 Å². The van der Waals surface area contributed by atoms with Crippen LogP contribution in [0.15, 0.2) is 46.7 Å². The second-order valence-corrected chi connectivity index (χ2v) is 13.9. The number of benzene rings is 2. The van der Waals surface area contributed by atoms with Crippen molar-refractivity contribution in [2.45, 2.75) is 64.1 Å². The van der Waals surface area contributed by atoms with Gasteiger partial charge in [0.2, 0.25) is 15.9 Å². The molecule has 3 aromatic rings. The van der Waals surface area contributed by atoms with Crippen molar-refractivity contribution >= 4 is 55.6 Å². The summed E-state index contributed by atoms with van der Waals surface area (Å²) in [5.41, 5.74) is -1.78. The number of nitrogens with zero attached hydrogens (tertiary/aromatic N) is 3. The molecular formula is C26H30ClN3O5S2. The number of hydrogen-bond donors (Lipinski definition) is 1. The summed E-state index contributed by atoms with van der Waals surface area (Å²) in [6.07, 6.45) is 0.170. The van der Waals surface area contributed by atoms with Gasteiger partial charge in [-0.25, -0.2) is 18.2 Å². The number of hydrogen-bond acceptors (Lipinski definition) is 6. The molecule has 8 nitrogen and oxygen atoms in total. The molecule has 0 aliphatic carbocycles. The second-order valence-electron chi connectivity index (χ2n) is 10.5. The predicted octanol–water partition coefficient (Wildman–Crippen LogP) is 4.94. The zero-order valence-corrected chi connectivity index (χ0v) is 23.7. The first-order valence-corrected chi connectivity index (χ1v) is 14.5. The maximum atomic E-state index is 14.1. The number of likely N-dealkylation sites (tertiary alicyclic amines) is 1. The maximum absolute atomic E-state index is 14.1. The number of aliphatic carboxylic acids is 1. The van der Waals surface area contributed by atoms with Gasteiger partial charge < -0.3 is 10.0 Å². The monoisotopic (exact) mass is 563 g/mol. The number of carbonyl (C=O) groups is 2. The van der Waals surface area contributed by atoms with Gasteiger partial charge in [0.25, 0.3) is 0 Å². The van der Waals surface area contributed by atoms with E-state index in [4.69, 9.17) is 11.6 Å². The molecule has 1 aliphatic rings. The minimum Gasteiger partial charge on any atom is -0.479 e. The number of carbonyl (C=O) groups excluding carboxylic acids is 1. The molecule has 1 saturated heterocycles. The largest absolute Gasteiger partial charge is 0.479 e. The molecule has 2 atom stereocenters. The Balaban J connectivity index is 1.78.